The molecule has 3 aromatic carbocycles. The maximum atomic E-state index is 15.6. The minimum absolute atomic E-state index is 0.0150. The van der Waals surface area contributed by atoms with Crippen molar-refractivity contribution in [1.29, 1.82) is 0 Å². The van der Waals surface area contributed by atoms with Crippen molar-refractivity contribution >= 4 is 76.9 Å². The fourth-order valence-corrected chi connectivity index (χ4v) is 15.4. The van der Waals surface area contributed by atoms with Crippen LogP contribution >= 0.6 is 23.7 Å². The Labute approximate surface area is 685 Å². The Morgan fingerprint density at radius 2 is 1.17 bits per heavy atom. The first kappa shape index (κ1) is 94.9. The van der Waals surface area contributed by atoms with Crippen LogP contribution in [0.3, 0.4) is 0 Å². The highest BCUT2D eigenvalue weighted by Crippen LogP contribution is 2.34. The van der Waals surface area contributed by atoms with Gasteiger partial charge < -0.3 is 100 Å². The minimum atomic E-state index is -2.14. The summed E-state index contributed by atoms with van der Waals surface area (Å²) in [7, 11) is 4.41. The number of unbranched alkanes of at least 4 members (excludes halogenated alkanes) is 16. The number of phenolic OH excluding ortho intramolecular Hbond substituents is 1. The van der Waals surface area contributed by atoms with Crippen molar-refractivity contribution in [3.8, 4) is 38.4 Å². The van der Waals surface area contributed by atoms with Crippen LogP contribution in [-0.2, 0) is 68.4 Å². The number of carbonyl (C=O) groups is 9. The van der Waals surface area contributed by atoms with Crippen LogP contribution in [-0.4, -0.2) is 266 Å². The van der Waals surface area contributed by atoms with E-state index in [-0.39, 0.29) is 60.6 Å². The summed E-state index contributed by atoms with van der Waals surface area (Å²) in [6.07, 6.45) is 5.48. The highest BCUT2D eigenvalue weighted by molar-refractivity contribution is 7.90. The molecule has 3 saturated heterocycles. The van der Waals surface area contributed by atoms with Crippen LogP contribution < -0.4 is 35.5 Å². The molecule has 3 fully saturated rings. The summed E-state index contributed by atoms with van der Waals surface area (Å²) < 4.78 is 30.2. The molecule has 0 spiro atoms. The standard InChI is InChI=1S/C80H118N10O24S2/c1-50-48-90-70(71(50)99)76(104)81-47-56(92)45-59(82-72(100)53-28-30-54(31-29-53)77-86-87-78(115-77)55-32-34-58(35-33-55)111-42-24-18-12-17-23-41-108-3)73(101)83-67(51(2)91)79(105)89-49-57(93)46-60(89)74(102)84-68(63(96)43-52-27-36-61(94)64(44-52)112-116-114-113-107)75(103)85-69(80(90)106)62(95)37-40-88(38-21-15-10-6-8-13-19-25-65(97)109-4)39-22-16-11-7-9-14-20-26-66(98)110-5/h27-36,44,50-51,56-57,59-60,62-63,67-71,91-96,99,107H,6-26,37-43,45-49H2,1-5H3,(H,81,104)(H,82,100)(H,83,101)(H,84,102)(H,85,103)/t50-,51+,56+,57+,59+,60+,62-,63-,67+,68+,69+,70+,71+/m1/s1. The first-order chi connectivity index (χ1) is 55.8. The molecule has 644 valence electrons. The number of rotatable bonds is 45. The number of hydrogen-bond acceptors (Lipinski definition) is 29. The Hall–Kier alpha value is -8.24. The molecular formula is C80H118N10O24S2. The molecule has 7 amide bonds. The first-order valence-electron chi connectivity index (χ1n) is 40.2. The number of methoxy groups -OCH3 is 3. The third-order valence-corrected chi connectivity index (χ3v) is 22.4. The van der Waals surface area contributed by atoms with Crippen LogP contribution in [0.1, 0.15) is 184 Å². The summed E-state index contributed by atoms with van der Waals surface area (Å²) >= 11 is 1.38. The zero-order valence-electron chi connectivity index (χ0n) is 66.9. The fraction of sp³-hybridized carbons (Fsp3) is 0.637. The van der Waals surface area contributed by atoms with Gasteiger partial charge in [-0.15, -0.1) is 10.2 Å². The predicted octanol–water partition coefficient (Wildman–Crippen LogP) is 5.14. The zero-order valence-corrected chi connectivity index (χ0v) is 68.5. The molecule has 4 aromatic rings. The van der Waals surface area contributed by atoms with Gasteiger partial charge in [0.2, 0.25) is 35.4 Å². The number of ether oxygens (including phenoxy) is 4. The molecule has 4 heterocycles. The van der Waals surface area contributed by atoms with E-state index in [1.807, 2.05) is 24.3 Å². The molecule has 36 heteroatoms. The highest BCUT2D eigenvalue weighted by Gasteiger charge is 2.50. The quantitative estimate of drug-likeness (QED) is 0.00895. The van der Waals surface area contributed by atoms with Crippen LogP contribution in [0, 0.1) is 5.92 Å². The van der Waals surface area contributed by atoms with Crippen molar-refractivity contribution in [2.75, 3.05) is 73.8 Å². The Morgan fingerprint density at radius 1 is 0.621 bits per heavy atom. The van der Waals surface area contributed by atoms with Crippen molar-refractivity contribution in [2.45, 2.75) is 247 Å². The van der Waals surface area contributed by atoms with Gasteiger partial charge in [0.05, 0.1) is 57.5 Å². The van der Waals surface area contributed by atoms with Gasteiger partial charge in [-0.1, -0.05) is 129 Å². The average molecular weight is 1670 g/mol. The van der Waals surface area contributed by atoms with Gasteiger partial charge in [0.15, 0.2) is 11.5 Å². The van der Waals surface area contributed by atoms with E-state index < -0.39 is 158 Å². The number of phenols is 1. The molecule has 13 N–H and O–H groups in total. The lowest BCUT2D eigenvalue weighted by Crippen LogP contribution is -2.64. The molecule has 34 nitrogen and oxygen atoms in total. The van der Waals surface area contributed by atoms with E-state index >= 15 is 14.4 Å². The number of β-amino-alcohol motifs (C(OH)–C–C–N with tert-alkyl or cyclic N) is 1. The fourth-order valence-electron chi connectivity index (χ4n) is 14.3. The van der Waals surface area contributed by atoms with Crippen LogP contribution in [0.15, 0.2) is 66.7 Å². The topological polar surface area (TPSA) is 476 Å². The number of nitrogens with one attached hydrogen (secondary N) is 5. The van der Waals surface area contributed by atoms with E-state index in [4.69, 9.17) is 28.4 Å². The van der Waals surface area contributed by atoms with Crippen LogP contribution in [0.4, 0.5) is 0 Å². The third-order valence-electron chi connectivity index (χ3n) is 21.0. The van der Waals surface area contributed by atoms with Crippen LogP contribution in [0.25, 0.3) is 21.1 Å². The van der Waals surface area contributed by atoms with E-state index in [2.05, 4.69) is 51.1 Å². The molecule has 3 aliphatic heterocycles. The lowest BCUT2D eigenvalue weighted by molar-refractivity contribution is -0.433. The summed E-state index contributed by atoms with van der Waals surface area (Å²) in [5, 5.41) is 117. The molecule has 0 saturated carbocycles. The number of nitrogens with zero attached hydrogens (tertiary/aromatic N) is 5. The first-order valence-corrected chi connectivity index (χ1v) is 41.7. The number of esters is 2. The Morgan fingerprint density at radius 3 is 1.76 bits per heavy atom. The van der Waals surface area contributed by atoms with E-state index in [0.29, 0.717) is 66.7 Å². The maximum Gasteiger partial charge on any atom is 0.305 e. The number of amides is 7. The molecule has 0 radical (unpaired) electrons. The maximum absolute atomic E-state index is 15.6. The molecular weight excluding hydrogens is 1550 g/mol. The smallest absolute Gasteiger partial charge is 0.305 e. The van der Waals surface area contributed by atoms with Gasteiger partial charge in [-0.3, -0.25) is 43.2 Å². The molecule has 0 bridgehead atoms. The van der Waals surface area contributed by atoms with E-state index in [1.165, 1.54) is 49.8 Å². The summed E-state index contributed by atoms with van der Waals surface area (Å²) in [4.78, 5) is 132. The zero-order chi connectivity index (χ0) is 84.1. The number of aromatic hydroxyl groups is 1. The second-order valence-electron chi connectivity index (χ2n) is 29.9. The van der Waals surface area contributed by atoms with Crippen LogP contribution in [0.2, 0.25) is 0 Å². The largest absolute Gasteiger partial charge is 0.504 e. The Balaban J connectivity index is 1.17. The average Bonchev–Trinajstić information content (AvgIpc) is 1.72. The number of benzene rings is 3. The number of hydrogen-bond donors (Lipinski definition) is 13. The second kappa shape index (κ2) is 50.5. The second-order valence-corrected chi connectivity index (χ2v) is 31.4. The van der Waals surface area contributed by atoms with Crippen molar-refractivity contribution in [2.24, 2.45) is 5.92 Å². The summed E-state index contributed by atoms with van der Waals surface area (Å²) in [5.74, 6) is -9.13. The van der Waals surface area contributed by atoms with Gasteiger partial charge in [0.25, 0.3) is 18.2 Å². The molecule has 13 atom stereocenters. The molecule has 1 aromatic heterocycles. The molecule has 0 aliphatic carbocycles. The van der Waals surface area contributed by atoms with Crippen molar-refractivity contribution in [1.82, 2.24) is 51.5 Å². The van der Waals surface area contributed by atoms with Crippen molar-refractivity contribution < 1.29 is 117 Å². The molecule has 116 heavy (non-hydrogen) atoms. The van der Waals surface area contributed by atoms with Gasteiger partial charge in [-0.05, 0) is 119 Å². The van der Waals surface area contributed by atoms with E-state index in [9.17, 15) is 64.5 Å². The Kier molecular flexibility index (Phi) is 41.3. The number of carbonyl (C=O) groups excluding carboxylic acids is 9. The summed E-state index contributed by atoms with van der Waals surface area (Å²) in [6.45, 7) is 3.74. The minimum Gasteiger partial charge on any atom is -0.504 e. The molecule has 0 unspecified atom stereocenters. The number of fused-ring (bicyclic) bond motifs is 2. The van der Waals surface area contributed by atoms with Gasteiger partial charge >= 0.3 is 11.9 Å². The highest BCUT2D eigenvalue weighted by atomic mass is 32.2. The lowest BCUT2D eigenvalue weighted by atomic mass is 9.98. The monoisotopic (exact) mass is 1670 g/mol. The summed E-state index contributed by atoms with van der Waals surface area (Å²) in [5.41, 5.74) is 1.53. The van der Waals surface area contributed by atoms with E-state index in [1.54, 1.807) is 26.2 Å². The SMILES string of the molecule is COCCCCCCCOc1ccc(-c2nnc(-c3ccc(C(=O)N[C@H]4C[C@H](O)CNC(=O)[C@@H]5[C@@H](O)[C@H](C)CN5C(=O)[C@H]([C@H](O)CCN(CCCCCCCCCC(=O)OC)CCCCCCCCCC(=O)OC)NC(=O)[C@H]([C@H](O)Cc5ccc(O)c(OSOOO)c5)NC(=O)[C@@H]5C[C@H](O)CN5C(=O)[C@H]([C@H](C)O)NC4=O)cc3)s2)cc1. The number of aliphatic hydroxyl groups is 6. The van der Waals surface area contributed by atoms with Gasteiger partial charge in [-0.25, -0.2) is 5.26 Å². The van der Waals surface area contributed by atoms with Crippen molar-refractivity contribution in [3.63, 3.8) is 0 Å². The van der Waals surface area contributed by atoms with Gasteiger partial charge in [0, 0.05) is 94.6 Å². The van der Waals surface area contributed by atoms with Gasteiger partial charge in [-0.2, -0.15) is 0 Å². The molecule has 3 aliphatic rings. The van der Waals surface area contributed by atoms with Crippen molar-refractivity contribution in [3.05, 3.63) is 77.9 Å². The van der Waals surface area contributed by atoms with E-state index in [0.717, 1.165) is 144 Å². The predicted molar refractivity (Wildman–Crippen MR) is 426 cm³/mol. The van der Waals surface area contributed by atoms with Crippen LogP contribution in [0.5, 0.6) is 17.2 Å². The normalized spacial score (nSPS) is 22.0. The summed E-state index contributed by atoms with van der Waals surface area (Å²) in [6, 6.07) is 5.95. The number of aliphatic hydroxyl groups excluding tert-OH is 6. The number of aromatic nitrogens is 2. The third kappa shape index (κ3) is 30.6. The molecule has 7 rings (SSSR count). The Bertz CT molecular complexity index is 3680. The van der Waals surface area contributed by atoms with Gasteiger partial charge in [0.1, 0.15) is 52.0 Å². The lowest BCUT2D eigenvalue weighted by Gasteiger charge is -2.34.